The molecule has 3 rings (SSSR count). The zero-order chi connectivity index (χ0) is 15.2. The summed E-state index contributed by atoms with van der Waals surface area (Å²) in [5.74, 6) is 0.0738. The number of fused-ring (bicyclic) bond motifs is 1. The first-order chi connectivity index (χ1) is 10.8. The van der Waals surface area contributed by atoms with Crippen LogP contribution in [0.25, 0.3) is 10.9 Å². The van der Waals surface area contributed by atoms with E-state index < -0.39 is 0 Å². The fraction of sp³-hybridized carbons (Fsp3) is 0.158. The van der Waals surface area contributed by atoms with Gasteiger partial charge in [0.05, 0.1) is 5.52 Å². The summed E-state index contributed by atoms with van der Waals surface area (Å²) in [5, 5.41) is 4.09. The second-order valence-corrected chi connectivity index (χ2v) is 5.25. The van der Waals surface area contributed by atoms with Crippen LogP contribution in [0.3, 0.4) is 0 Å². The SMILES string of the molecule is O=C(CCc1ccccc1)NCc1ccnc2ccccc12. The molecule has 0 aliphatic heterocycles. The molecule has 0 aliphatic rings. The summed E-state index contributed by atoms with van der Waals surface area (Å²) >= 11 is 0. The van der Waals surface area contributed by atoms with Gasteiger partial charge < -0.3 is 5.32 Å². The van der Waals surface area contributed by atoms with Gasteiger partial charge in [0.25, 0.3) is 0 Å². The van der Waals surface area contributed by atoms with Gasteiger partial charge in [0.2, 0.25) is 5.91 Å². The first-order valence-electron chi connectivity index (χ1n) is 7.46. The molecule has 0 unspecified atom stereocenters. The molecule has 1 heterocycles. The highest BCUT2D eigenvalue weighted by molar-refractivity contribution is 5.82. The van der Waals surface area contributed by atoms with Crippen LogP contribution in [0.2, 0.25) is 0 Å². The Morgan fingerprint density at radius 2 is 1.73 bits per heavy atom. The van der Waals surface area contributed by atoms with Crippen molar-refractivity contribution in [1.29, 1.82) is 0 Å². The van der Waals surface area contributed by atoms with Crippen LogP contribution >= 0.6 is 0 Å². The first kappa shape index (κ1) is 14.3. The molecule has 0 radical (unpaired) electrons. The van der Waals surface area contributed by atoms with Crippen molar-refractivity contribution in [3.63, 3.8) is 0 Å². The van der Waals surface area contributed by atoms with Gasteiger partial charge in [0, 0.05) is 24.5 Å². The summed E-state index contributed by atoms with van der Waals surface area (Å²) in [5.41, 5.74) is 3.24. The molecular weight excluding hydrogens is 272 g/mol. The normalized spacial score (nSPS) is 10.5. The lowest BCUT2D eigenvalue weighted by Gasteiger charge is -2.08. The van der Waals surface area contributed by atoms with Crippen LogP contribution in [-0.2, 0) is 17.8 Å². The third-order valence-electron chi connectivity index (χ3n) is 3.70. The van der Waals surface area contributed by atoms with Gasteiger partial charge in [-0.25, -0.2) is 0 Å². The smallest absolute Gasteiger partial charge is 0.220 e. The van der Waals surface area contributed by atoms with Crippen LogP contribution < -0.4 is 5.32 Å². The van der Waals surface area contributed by atoms with E-state index in [9.17, 15) is 4.79 Å². The monoisotopic (exact) mass is 290 g/mol. The number of amides is 1. The van der Waals surface area contributed by atoms with Gasteiger partial charge in [-0.1, -0.05) is 48.5 Å². The average molecular weight is 290 g/mol. The molecule has 0 fully saturated rings. The molecular formula is C19H18N2O. The van der Waals surface area contributed by atoms with Crippen molar-refractivity contribution >= 4 is 16.8 Å². The largest absolute Gasteiger partial charge is 0.352 e. The predicted octanol–water partition coefficient (Wildman–Crippen LogP) is 3.48. The number of benzene rings is 2. The Morgan fingerprint density at radius 3 is 2.59 bits per heavy atom. The molecule has 1 N–H and O–H groups in total. The van der Waals surface area contributed by atoms with E-state index in [1.807, 2.05) is 60.7 Å². The zero-order valence-electron chi connectivity index (χ0n) is 12.3. The van der Waals surface area contributed by atoms with E-state index >= 15 is 0 Å². The van der Waals surface area contributed by atoms with Crippen molar-refractivity contribution in [3.8, 4) is 0 Å². The fourth-order valence-corrected chi connectivity index (χ4v) is 2.49. The Bertz CT molecular complexity index is 763. The Hall–Kier alpha value is -2.68. The topological polar surface area (TPSA) is 42.0 Å². The molecule has 0 aliphatic carbocycles. The molecule has 1 aromatic heterocycles. The van der Waals surface area contributed by atoms with Gasteiger partial charge >= 0.3 is 0 Å². The average Bonchev–Trinajstić information content (AvgIpc) is 2.59. The van der Waals surface area contributed by atoms with Gasteiger partial charge in [-0.2, -0.15) is 0 Å². The van der Waals surface area contributed by atoms with Crippen LogP contribution in [-0.4, -0.2) is 10.9 Å². The van der Waals surface area contributed by atoms with Crippen LogP contribution in [0.4, 0.5) is 0 Å². The molecule has 0 saturated heterocycles. The molecule has 2 aromatic carbocycles. The van der Waals surface area contributed by atoms with E-state index in [4.69, 9.17) is 0 Å². The standard InChI is InChI=1S/C19H18N2O/c22-19(11-10-15-6-2-1-3-7-15)21-14-16-12-13-20-18-9-5-4-8-17(16)18/h1-9,12-13H,10-11,14H2,(H,21,22). The fourth-order valence-electron chi connectivity index (χ4n) is 2.49. The van der Waals surface area contributed by atoms with Crippen molar-refractivity contribution in [2.24, 2.45) is 0 Å². The summed E-state index contributed by atoms with van der Waals surface area (Å²) in [6.45, 7) is 0.538. The Kier molecular flexibility index (Phi) is 4.44. The molecule has 22 heavy (non-hydrogen) atoms. The van der Waals surface area contributed by atoms with Gasteiger partial charge in [-0.15, -0.1) is 0 Å². The van der Waals surface area contributed by atoms with E-state index in [2.05, 4.69) is 10.3 Å². The number of nitrogens with zero attached hydrogens (tertiary/aromatic N) is 1. The lowest BCUT2D eigenvalue weighted by atomic mass is 10.1. The molecule has 3 heteroatoms. The molecule has 0 atom stereocenters. The molecule has 0 spiro atoms. The molecule has 3 aromatic rings. The third kappa shape index (κ3) is 3.50. The van der Waals surface area contributed by atoms with Crippen LogP contribution in [0.1, 0.15) is 17.5 Å². The molecule has 3 nitrogen and oxygen atoms in total. The minimum atomic E-state index is 0.0738. The van der Waals surface area contributed by atoms with E-state index in [1.165, 1.54) is 5.56 Å². The highest BCUT2D eigenvalue weighted by Crippen LogP contribution is 2.15. The van der Waals surface area contributed by atoms with Gasteiger partial charge in [0.15, 0.2) is 0 Å². The van der Waals surface area contributed by atoms with Crippen molar-refractivity contribution in [2.45, 2.75) is 19.4 Å². The quantitative estimate of drug-likeness (QED) is 0.781. The van der Waals surface area contributed by atoms with Crippen molar-refractivity contribution in [1.82, 2.24) is 10.3 Å². The number of hydrogen-bond acceptors (Lipinski definition) is 2. The summed E-state index contributed by atoms with van der Waals surface area (Å²) in [6, 6.07) is 20.0. The van der Waals surface area contributed by atoms with Gasteiger partial charge in [-0.3, -0.25) is 9.78 Å². The minimum absolute atomic E-state index is 0.0738. The number of para-hydroxylation sites is 1. The summed E-state index contributed by atoms with van der Waals surface area (Å²) in [4.78, 5) is 16.3. The third-order valence-corrected chi connectivity index (χ3v) is 3.70. The zero-order valence-corrected chi connectivity index (χ0v) is 12.3. The number of hydrogen-bond donors (Lipinski definition) is 1. The van der Waals surface area contributed by atoms with Crippen molar-refractivity contribution in [2.75, 3.05) is 0 Å². The van der Waals surface area contributed by atoms with Crippen molar-refractivity contribution < 1.29 is 4.79 Å². The van der Waals surface area contributed by atoms with E-state index in [1.54, 1.807) is 6.20 Å². The number of rotatable bonds is 5. The van der Waals surface area contributed by atoms with E-state index in [0.29, 0.717) is 13.0 Å². The molecule has 1 amide bonds. The maximum Gasteiger partial charge on any atom is 0.220 e. The first-order valence-corrected chi connectivity index (χ1v) is 7.46. The Morgan fingerprint density at radius 1 is 0.955 bits per heavy atom. The highest BCUT2D eigenvalue weighted by Gasteiger charge is 2.05. The molecule has 0 bridgehead atoms. The number of carbonyl (C=O) groups is 1. The lowest BCUT2D eigenvalue weighted by Crippen LogP contribution is -2.23. The lowest BCUT2D eigenvalue weighted by molar-refractivity contribution is -0.121. The predicted molar refractivity (Wildman–Crippen MR) is 88.4 cm³/mol. The number of aryl methyl sites for hydroxylation is 1. The molecule has 0 saturated carbocycles. The number of aromatic nitrogens is 1. The van der Waals surface area contributed by atoms with Crippen LogP contribution in [0, 0.1) is 0 Å². The number of carbonyl (C=O) groups excluding carboxylic acids is 1. The van der Waals surface area contributed by atoms with Crippen LogP contribution in [0.15, 0.2) is 66.9 Å². The van der Waals surface area contributed by atoms with Crippen molar-refractivity contribution in [3.05, 3.63) is 78.0 Å². The number of nitrogens with one attached hydrogen (secondary N) is 1. The number of pyridine rings is 1. The maximum absolute atomic E-state index is 12.0. The van der Waals surface area contributed by atoms with Gasteiger partial charge in [-0.05, 0) is 29.7 Å². The molecule has 110 valence electrons. The summed E-state index contributed by atoms with van der Waals surface area (Å²) in [6.07, 6.45) is 3.06. The highest BCUT2D eigenvalue weighted by atomic mass is 16.1. The maximum atomic E-state index is 12.0. The summed E-state index contributed by atoms with van der Waals surface area (Å²) in [7, 11) is 0. The van der Waals surface area contributed by atoms with Crippen LogP contribution in [0.5, 0.6) is 0 Å². The second kappa shape index (κ2) is 6.85. The van der Waals surface area contributed by atoms with E-state index in [-0.39, 0.29) is 5.91 Å². The minimum Gasteiger partial charge on any atom is -0.352 e. The summed E-state index contributed by atoms with van der Waals surface area (Å²) < 4.78 is 0. The second-order valence-electron chi connectivity index (χ2n) is 5.25. The Labute approximate surface area is 130 Å². The van der Waals surface area contributed by atoms with E-state index in [0.717, 1.165) is 22.9 Å². The Balaban J connectivity index is 1.58. The van der Waals surface area contributed by atoms with Gasteiger partial charge in [0.1, 0.15) is 0 Å².